The molecule has 1 aliphatic heterocycles. The molecule has 0 radical (unpaired) electrons. The minimum Gasteiger partial charge on any atom is -0.273 e. The Morgan fingerprint density at radius 2 is 2.07 bits per heavy atom. The third-order valence-electron chi connectivity index (χ3n) is 2.25. The first-order chi connectivity index (χ1) is 6.81. The maximum atomic E-state index is 11.4. The van der Waals surface area contributed by atoms with Gasteiger partial charge in [0.15, 0.2) is 0 Å². The zero-order valence-corrected chi connectivity index (χ0v) is 8.10. The van der Waals surface area contributed by atoms with Crippen LogP contribution < -0.4 is 0 Å². The number of carbonyl (C=O) groups excluding carboxylic acids is 1. The molecule has 1 aromatic rings. The molecular weight excluding hydrogens is 176 g/mol. The summed E-state index contributed by atoms with van der Waals surface area (Å²) in [5.41, 5.74) is 1.91. The number of hydrogen-bond donors (Lipinski definition) is 0. The van der Waals surface area contributed by atoms with Gasteiger partial charge in [0, 0.05) is 6.54 Å². The van der Waals surface area contributed by atoms with Crippen LogP contribution in [0, 0.1) is 0 Å². The molecule has 0 spiro atoms. The predicted molar refractivity (Wildman–Crippen MR) is 55.0 cm³/mol. The predicted octanol–water partition coefficient (Wildman–Crippen LogP) is 1.64. The highest BCUT2D eigenvalue weighted by Crippen LogP contribution is 2.13. The van der Waals surface area contributed by atoms with Crippen molar-refractivity contribution < 1.29 is 4.79 Å². The fourth-order valence-corrected chi connectivity index (χ4v) is 1.51. The highest BCUT2D eigenvalue weighted by atomic mass is 16.2. The second-order valence-electron chi connectivity index (χ2n) is 3.20. The number of amides is 1. The van der Waals surface area contributed by atoms with Gasteiger partial charge in [-0.3, -0.25) is 4.79 Å². The van der Waals surface area contributed by atoms with Crippen LogP contribution in [0.15, 0.2) is 35.4 Å². The maximum absolute atomic E-state index is 11.4. The Kier molecular flexibility index (Phi) is 2.31. The van der Waals surface area contributed by atoms with Crippen LogP contribution in [0.5, 0.6) is 0 Å². The van der Waals surface area contributed by atoms with Crippen molar-refractivity contribution in [3.05, 3.63) is 35.9 Å². The quantitative estimate of drug-likeness (QED) is 0.694. The lowest BCUT2D eigenvalue weighted by atomic mass is 10.1. The lowest BCUT2D eigenvalue weighted by Gasteiger charge is -2.05. The van der Waals surface area contributed by atoms with Gasteiger partial charge in [0.25, 0.3) is 0 Å². The van der Waals surface area contributed by atoms with Crippen LogP contribution in [-0.2, 0) is 4.79 Å². The maximum Gasteiger partial charge on any atom is 0.248 e. The average Bonchev–Trinajstić information content (AvgIpc) is 2.61. The summed E-state index contributed by atoms with van der Waals surface area (Å²) in [7, 11) is 0. The van der Waals surface area contributed by atoms with Crippen molar-refractivity contribution in [2.45, 2.75) is 13.3 Å². The van der Waals surface area contributed by atoms with E-state index in [1.165, 1.54) is 5.01 Å². The lowest BCUT2D eigenvalue weighted by molar-refractivity contribution is -0.128. The van der Waals surface area contributed by atoms with E-state index in [4.69, 9.17) is 0 Å². The smallest absolute Gasteiger partial charge is 0.248 e. The molecule has 0 unspecified atom stereocenters. The van der Waals surface area contributed by atoms with Crippen molar-refractivity contribution >= 4 is 11.6 Å². The van der Waals surface area contributed by atoms with Crippen molar-refractivity contribution in [2.75, 3.05) is 6.54 Å². The highest BCUT2D eigenvalue weighted by Gasteiger charge is 2.22. The molecule has 0 aromatic heterocycles. The Morgan fingerprint density at radius 3 is 2.64 bits per heavy atom. The van der Waals surface area contributed by atoms with E-state index in [-0.39, 0.29) is 5.91 Å². The molecule has 2 rings (SSSR count). The second kappa shape index (κ2) is 3.62. The molecule has 0 bridgehead atoms. The standard InChI is InChI=1S/C11H12N2O/c1-2-13-11(14)8-10(12-13)9-6-4-3-5-7-9/h3-7H,2,8H2,1H3. The summed E-state index contributed by atoms with van der Waals surface area (Å²) >= 11 is 0. The number of carbonyl (C=O) groups is 1. The van der Waals surface area contributed by atoms with Crippen LogP contribution >= 0.6 is 0 Å². The van der Waals surface area contributed by atoms with Crippen LogP contribution in [-0.4, -0.2) is 23.2 Å². The van der Waals surface area contributed by atoms with Gasteiger partial charge < -0.3 is 0 Å². The number of hydrazone groups is 1. The van der Waals surface area contributed by atoms with Crippen LogP contribution in [0.1, 0.15) is 18.9 Å². The molecule has 0 fully saturated rings. The molecule has 0 saturated carbocycles. The van der Waals surface area contributed by atoms with E-state index in [9.17, 15) is 4.79 Å². The molecule has 0 atom stereocenters. The van der Waals surface area contributed by atoms with E-state index in [0.717, 1.165) is 11.3 Å². The second-order valence-corrected chi connectivity index (χ2v) is 3.20. The Hall–Kier alpha value is -1.64. The molecule has 3 nitrogen and oxygen atoms in total. The van der Waals surface area contributed by atoms with Crippen molar-refractivity contribution in [2.24, 2.45) is 5.10 Å². The van der Waals surface area contributed by atoms with Crippen molar-refractivity contribution in [3.8, 4) is 0 Å². The topological polar surface area (TPSA) is 32.7 Å². The fourth-order valence-electron chi connectivity index (χ4n) is 1.51. The number of hydrogen-bond acceptors (Lipinski definition) is 2. The summed E-state index contributed by atoms with van der Waals surface area (Å²) in [6.45, 7) is 2.57. The van der Waals surface area contributed by atoms with E-state index >= 15 is 0 Å². The molecule has 1 aromatic carbocycles. The minimum absolute atomic E-state index is 0.0892. The van der Waals surface area contributed by atoms with E-state index in [0.29, 0.717) is 13.0 Å². The molecule has 72 valence electrons. The first kappa shape index (κ1) is 8.94. The largest absolute Gasteiger partial charge is 0.273 e. The van der Waals surface area contributed by atoms with E-state index < -0.39 is 0 Å². The Bertz CT molecular complexity index is 370. The van der Waals surface area contributed by atoms with Crippen LogP contribution in [0.4, 0.5) is 0 Å². The first-order valence-corrected chi connectivity index (χ1v) is 4.74. The van der Waals surface area contributed by atoms with Crippen molar-refractivity contribution in [1.82, 2.24) is 5.01 Å². The molecule has 1 aliphatic rings. The fraction of sp³-hybridized carbons (Fsp3) is 0.273. The van der Waals surface area contributed by atoms with Gasteiger partial charge in [-0.15, -0.1) is 0 Å². The van der Waals surface area contributed by atoms with Crippen molar-refractivity contribution in [1.29, 1.82) is 0 Å². The Morgan fingerprint density at radius 1 is 1.36 bits per heavy atom. The number of nitrogens with zero attached hydrogens (tertiary/aromatic N) is 2. The SMILES string of the molecule is CCN1N=C(c2ccccc2)CC1=O. The van der Waals surface area contributed by atoms with Gasteiger partial charge in [-0.2, -0.15) is 5.10 Å². The van der Waals surface area contributed by atoms with Gasteiger partial charge in [-0.05, 0) is 12.5 Å². The van der Waals surface area contributed by atoms with Gasteiger partial charge in [0.05, 0.1) is 12.1 Å². The van der Waals surface area contributed by atoms with E-state index in [2.05, 4.69) is 5.10 Å². The van der Waals surface area contributed by atoms with Gasteiger partial charge >= 0.3 is 0 Å². The van der Waals surface area contributed by atoms with Gasteiger partial charge in [-0.25, -0.2) is 5.01 Å². The van der Waals surface area contributed by atoms with Crippen molar-refractivity contribution in [3.63, 3.8) is 0 Å². The molecule has 0 aliphatic carbocycles. The molecular formula is C11H12N2O. The summed E-state index contributed by atoms with van der Waals surface area (Å²) in [4.78, 5) is 11.4. The van der Waals surface area contributed by atoms with Gasteiger partial charge in [-0.1, -0.05) is 30.3 Å². The first-order valence-electron chi connectivity index (χ1n) is 4.74. The normalized spacial score (nSPS) is 15.9. The minimum atomic E-state index is 0.0892. The third-order valence-corrected chi connectivity index (χ3v) is 2.25. The molecule has 14 heavy (non-hydrogen) atoms. The van der Waals surface area contributed by atoms with Crippen LogP contribution in [0.3, 0.4) is 0 Å². The summed E-state index contributed by atoms with van der Waals surface area (Å²) in [5, 5.41) is 5.77. The molecule has 3 heteroatoms. The lowest BCUT2D eigenvalue weighted by Crippen LogP contribution is -2.19. The van der Waals surface area contributed by atoms with E-state index in [1.54, 1.807) is 0 Å². The summed E-state index contributed by atoms with van der Waals surface area (Å²) in [6.07, 6.45) is 0.428. The summed E-state index contributed by atoms with van der Waals surface area (Å²) in [5.74, 6) is 0.0892. The number of benzene rings is 1. The highest BCUT2D eigenvalue weighted by molar-refractivity contribution is 6.13. The monoisotopic (exact) mass is 188 g/mol. The zero-order valence-electron chi connectivity index (χ0n) is 8.10. The molecule has 1 heterocycles. The molecule has 1 amide bonds. The molecule has 0 saturated heterocycles. The Balaban J connectivity index is 2.26. The third kappa shape index (κ3) is 1.53. The summed E-state index contributed by atoms with van der Waals surface area (Å²) < 4.78 is 0. The summed E-state index contributed by atoms with van der Waals surface area (Å²) in [6, 6.07) is 9.82. The number of rotatable bonds is 2. The van der Waals surface area contributed by atoms with Gasteiger partial charge in [0.2, 0.25) is 5.91 Å². The zero-order chi connectivity index (χ0) is 9.97. The van der Waals surface area contributed by atoms with E-state index in [1.807, 2.05) is 37.3 Å². The van der Waals surface area contributed by atoms with Crippen LogP contribution in [0.2, 0.25) is 0 Å². The molecule has 0 N–H and O–H groups in total. The average molecular weight is 188 g/mol. The van der Waals surface area contributed by atoms with Crippen LogP contribution in [0.25, 0.3) is 0 Å². The Labute approximate surface area is 83.0 Å². The van der Waals surface area contributed by atoms with Gasteiger partial charge in [0.1, 0.15) is 0 Å².